The van der Waals surface area contributed by atoms with Crippen LogP contribution in [0.2, 0.25) is 5.02 Å². The van der Waals surface area contributed by atoms with Crippen molar-refractivity contribution in [2.75, 3.05) is 6.54 Å². The SMILES string of the molecule is CC.CC(C)(C)OC(=O)NCC(N)=O.O=C(c1ccccc1)c1cccc(Cl)c1. The van der Waals surface area contributed by atoms with Crippen LogP contribution in [-0.2, 0) is 9.53 Å². The quantitative estimate of drug-likeness (QED) is 0.706. The normalized spacial score (nSPS) is 9.72. The topological polar surface area (TPSA) is 98.5 Å². The summed E-state index contributed by atoms with van der Waals surface area (Å²) in [7, 11) is 0. The Labute approximate surface area is 177 Å². The first-order valence-electron chi connectivity index (χ1n) is 9.19. The predicted molar refractivity (Wildman–Crippen MR) is 116 cm³/mol. The van der Waals surface area contributed by atoms with E-state index in [1.165, 1.54) is 0 Å². The van der Waals surface area contributed by atoms with Gasteiger partial charge in [-0.2, -0.15) is 0 Å². The molecule has 0 aliphatic carbocycles. The number of primary amides is 1. The van der Waals surface area contributed by atoms with Crippen molar-refractivity contribution in [3.8, 4) is 0 Å². The molecule has 6 nitrogen and oxygen atoms in total. The number of hydrogen-bond acceptors (Lipinski definition) is 4. The van der Waals surface area contributed by atoms with Crippen molar-refractivity contribution in [3.05, 3.63) is 70.7 Å². The molecule has 0 saturated heterocycles. The Morgan fingerprint density at radius 2 is 1.52 bits per heavy atom. The third-order valence-electron chi connectivity index (χ3n) is 2.93. The van der Waals surface area contributed by atoms with Crippen molar-refractivity contribution in [1.82, 2.24) is 5.32 Å². The summed E-state index contributed by atoms with van der Waals surface area (Å²) in [6.07, 6.45) is -0.638. The molecule has 0 fully saturated rings. The third kappa shape index (κ3) is 12.3. The molecule has 0 saturated carbocycles. The van der Waals surface area contributed by atoms with Crippen LogP contribution in [0.4, 0.5) is 4.79 Å². The van der Waals surface area contributed by atoms with Crippen molar-refractivity contribution in [3.63, 3.8) is 0 Å². The number of amides is 2. The van der Waals surface area contributed by atoms with Gasteiger partial charge in [0.25, 0.3) is 0 Å². The predicted octanol–water partition coefficient (Wildman–Crippen LogP) is 4.59. The zero-order valence-corrected chi connectivity index (χ0v) is 18.2. The highest BCUT2D eigenvalue weighted by molar-refractivity contribution is 6.31. The number of carbonyl (C=O) groups excluding carboxylic acids is 3. The van der Waals surface area contributed by atoms with Crippen molar-refractivity contribution in [1.29, 1.82) is 0 Å². The maximum atomic E-state index is 11.9. The second-order valence-electron chi connectivity index (χ2n) is 6.53. The highest BCUT2D eigenvalue weighted by Gasteiger charge is 2.15. The fourth-order valence-electron chi connectivity index (χ4n) is 1.86. The molecule has 0 bridgehead atoms. The van der Waals surface area contributed by atoms with Gasteiger partial charge < -0.3 is 15.8 Å². The number of alkyl carbamates (subject to hydrolysis) is 1. The number of halogens is 1. The summed E-state index contributed by atoms with van der Waals surface area (Å²) in [6.45, 7) is 9.00. The summed E-state index contributed by atoms with van der Waals surface area (Å²) in [6, 6.07) is 16.1. The van der Waals surface area contributed by atoms with Gasteiger partial charge in [0.05, 0.1) is 6.54 Å². The van der Waals surface area contributed by atoms with Gasteiger partial charge in [-0.3, -0.25) is 9.59 Å². The molecule has 0 atom stereocenters. The molecule has 2 aromatic carbocycles. The molecule has 29 heavy (non-hydrogen) atoms. The largest absolute Gasteiger partial charge is 0.444 e. The van der Waals surface area contributed by atoms with Crippen molar-refractivity contribution >= 4 is 29.4 Å². The van der Waals surface area contributed by atoms with E-state index in [0.717, 1.165) is 0 Å². The van der Waals surface area contributed by atoms with Gasteiger partial charge in [-0.05, 0) is 32.9 Å². The van der Waals surface area contributed by atoms with E-state index in [9.17, 15) is 14.4 Å². The van der Waals surface area contributed by atoms with Crippen LogP contribution in [0.25, 0.3) is 0 Å². The van der Waals surface area contributed by atoms with Crippen LogP contribution in [0.5, 0.6) is 0 Å². The van der Waals surface area contributed by atoms with Gasteiger partial charge in [-0.1, -0.05) is 67.9 Å². The minimum Gasteiger partial charge on any atom is -0.444 e. The number of rotatable bonds is 4. The van der Waals surface area contributed by atoms with Crippen LogP contribution in [0.15, 0.2) is 54.6 Å². The van der Waals surface area contributed by atoms with Crippen LogP contribution >= 0.6 is 11.6 Å². The van der Waals surface area contributed by atoms with Crippen LogP contribution in [0, 0.1) is 0 Å². The Kier molecular flexibility index (Phi) is 12.0. The lowest BCUT2D eigenvalue weighted by atomic mass is 10.0. The average Bonchev–Trinajstić information content (AvgIpc) is 2.67. The smallest absolute Gasteiger partial charge is 0.408 e. The molecule has 0 unspecified atom stereocenters. The first-order valence-corrected chi connectivity index (χ1v) is 9.57. The molecule has 0 aromatic heterocycles. The van der Waals surface area contributed by atoms with Gasteiger partial charge in [0.15, 0.2) is 5.78 Å². The second kappa shape index (κ2) is 13.3. The van der Waals surface area contributed by atoms with E-state index in [0.29, 0.717) is 16.1 Å². The highest BCUT2D eigenvalue weighted by atomic mass is 35.5. The lowest BCUT2D eigenvalue weighted by molar-refractivity contribution is -0.117. The first kappa shape index (κ1) is 26.1. The van der Waals surface area contributed by atoms with E-state index >= 15 is 0 Å². The maximum Gasteiger partial charge on any atom is 0.408 e. The van der Waals surface area contributed by atoms with Crippen LogP contribution in [0.1, 0.15) is 50.5 Å². The zero-order valence-electron chi connectivity index (χ0n) is 17.5. The van der Waals surface area contributed by atoms with Crippen molar-refractivity contribution in [2.45, 2.75) is 40.2 Å². The van der Waals surface area contributed by atoms with E-state index < -0.39 is 17.6 Å². The zero-order chi connectivity index (χ0) is 22.4. The monoisotopic (exact) mass is 420 g/mol. The van der Waals surface area contributed by atoms with E-state index in [-0.39, 0.29) is 12.3 Å². The molecular weight excluding hydrogens is 392 g/mol. The van der Waals surface area contributed by atoms with Crippen molar-refractivity contribution < 1.29 is 19.1 Å². The van der Waals surface area contributed by atoms with Gasteiger partial charge in [-0.15, -0.1) is 0 Å². The summed E-state index contributed by atoms with van der Waals surface area (Å²) in [4.78, 5) is 33.0. The number of nitrogens with one attached hydrogen (secondary N) is 1. The minimum absolute atomic E-state index is 0.00176. The molecule has 0 heterocycles. The minimum atomic E-state index is -0.638. The van der Waals surface area contributed by atoms with Gasteiger partial charge in [-0.25, -0.2) is 4.79 Å². The van der Waals surface area contributed by atoms with Crippen LogP contribution in [0.3, 0.4) is 0 Å². The molecule has 2 amide bonds. The Hall–Kier alpha value is -2.86. The van der Waals surface area contributed by atoms with E-state index in [2.05, 4.69) is 5.32 Å². The molecule has 0 aliphatic rings. The van der Waals surface area contributed by atoms with Gasteiger partial charge in [0.2, 0.25) is 5.91 Å². The van der Waals surface area contributed by atoms with Crippen LogP contribution in [-0.4, -0.2) is 29.9 Å². The highest BCUT2D eigenvalue weighted by Crippen LogP contribution is 2.14. The number of carbonyl (C=O) groups is 3. The molecule has 2 aromatic rings. The Bertz CT molecular complexity index is 787. The van der Waals surface area contributed by atoms with E-state index in [1.807, 2.05) is 32.0 Å². The third-order valence-corrected chi connectivity index (χ3v) is 3.16. The Morgan fingerprint density at radius 1 is 0.966 bits per heavy atom. The standard InChI is InChI=1S/C13H9ClO.C7H14N2O3.C2H6/c14-12-8-4-7-11(9-12)13(15)10-5-2-1-3-6-10;1-7(2,3)12-6(11)9-4-5(8)10;1-2/h1-9H;4H2,1-3H3,(H2,8,10)(H,9,11);1-2H3. The summed E-state index contributed by atoms with van der Waals surface area (Å²) < 4.78 is 4.83. The number of hydrogen-bond donors (Lipinski definition) is 2. The second-order valence-corrected chi connectivity index (χ2v) is 6.96. The Morgan fingerprint density at radius 3 is 2.00 bits per heavy atom. The molecule has 0 aliphatic heterocycles. The summed E-state index contributed by atoms with van der Waals surface area (Å²) in [5.41, 5.74) is 5.54. The van der Waals surface area contributed by atoms with E-state index in [1.54, 1.807) is 57.2 Å². The van der Waals surface area contributed by atoms with Crippen molar-refractivity contribution in [2.24, 2.45) is 5.73 Å². The number of nitrogens with two attached hydrogens (primary N) is 1. The lowest BCUT2D eigenvalue weighted by Gasteiger charge is -2.19. The summed E-state index contributed by atoms with van der Waals surface area (Å²) >= 11 is 5.82. The maximum absolute atomic E-state index is 11.9. The first-order chi connectivity index (χ1) is 13.6. The number of benzene rings is 2. The lowest BCUT2D eigenvalue weighted by Crippen LogP contribution is -2.37. The molecule has 7 heteroatoms. The van der Waals surface area contributed by atoms with E-state index in [4.69, 9.17) is 22.1 Å². The average molecular weight is 421 g/mol. The van der Waals surface area contributed by atoms with Crippen LogP contribution < -0.4 is 11.1 Å². The molecular formula is C22H29ClN2O4. The number of ketones is 1. The molecule has 0 spiro atoms. The molecule has 2 rings (SSSR count). The molecule has 3 N–H and O–H groups in total. The number of ether oxygens (including phenoxy) is 1. The fourth-order valence-corrected chi connectivity index (χ4v) is 2.05. The molecule has 0 radical (unpaired) electrons. The Balaban J connectivity index is 0.000000512. The van der Waals surface area contributed by atoms with Gasteiger partial charge in [0, 0.05) is 16.1 Å². The molecule has 158 valence electrons. The summed E-state index contributed by atoms with van der Waals surface area (Å²) in [5, 5.41) is 2.78. The fraction of sp³-hybridized carbons (Fsp3) is 0.318. The summed E-state index contributed by atoms with van der Waals surface area (Å²) in [5.74, 6) is -0.598. The van der Waals surface area contributed by atoms with Gasteiger partial charge >= 0.3 is 6.09 Å². The van der Waals surface area contributed by atoms with Gasteiger partial charge in [0.1, 0.15) is 5.60 Å².